The zero-order valence-electron chi connectivity index (χ0n) is 8.94. The molecule has 14 heavy (non-hydrogen) atoms. The molecule has 0 aromatic carbocycles. The monoisotopic (exact) mass is 212 g/mol. The fourth-order valence-corrected chi connectivity index (χ4v) is 1.79. The summed E-state index contributed by atoms with van der Waals surface area (Å²) in [6.07, 6.45) is 11.2. The van der Waals surface area contributed by atoms with Crippen molar-refractivity contribution in [2.24, 2.45) is 0 Å². The Bertz CT molecular complexity index is 287. The Labute approximate surface area is 91.1 Å². The molecule has 0 aliphatic heterocycles. The van der Waals surface area contributed by atoms with Gasteiger partial charge in [0.2, 0.25) is 0 Å². The zero-order chi connectivity index (χ0) is 10.2. The lowest BCUT2D eigenvalue weighted by Gasteiger charge is -1.98. The molecule has 0 amide bonds. The molecule has 0 aliphatic carbocycles. The van der Waals surface area contributed by atoms with Gasteiger partial charge in [-0.25, -0.2) is 0 Å². The lowest BCUT2D eigenvalue weighted by atomic mass is 10.1. The third-order valence-corrected chi connectivity index (χ3v) is 2.67. The van der Waals surface area contributed by atoms with Gasteiger partial charge in [-0.15, -0.1) is 0 Å². The smallest absolute Gasteiger partial charge is 0.174 e. The predicted molar refractivity (Wildman–Crippen MR) is 63.1 cm³/mol. The molecule has 0 bridgehead atoms. The highest BCUT2D eigenvalue weighted by Crippen LogP contribution is 2.07. The minimum Gasteiger partial charge on any atom is -0.337 e. The second kappa shape index (κ2) is 6.82. The molecule has 1 heterocycles. The summed E-state index contributed by atoms with van der Waals surface area (Å²) in [5, 5.41) is 0. The summed E-state index contributed by atoms with van der Waals surface area (Å²) in [5.41, 5.74) is 1.24. The van der Waals surface area contributed by atoms with Gasteiger partial charge in [0.1, 0.15) is 0 Å². The van der Waals surface area contributed by atoms with Crippen molar-refractivity contribution < 1.29 is 0 Å². The normalized spacial score (nSPS) is 10.6. The van der Waals surface area contributed by atoms with Crippen molar-refractivity contribution in [1.82, 2.24) is 9.97 Å². The van der Waals surface area contributed by atoms with Crippen molar-refractivity contribution in [3.05, 3.63) is 16.7 Å². The van der Waals surface area contributed by atoms with E-state index < -0.39 is 0 Å². The fraction of sp³-hybridized carbons (Fsp3) is 0.727. The number of unbranched alkanes of at least 4 members (excludes halogenated alkanes) is 5. The van der Waals surface area contributed by atoms with Crippen LogP contribution in [0.15, 0.2) is 6.20 Å². The molecule has 1 rings (SSSR count). The van der Waals surface area contributed by atoms with Gasteiger partial charge in [-0.2, -0.15) is 0 Å². The maximum Gasteiger partial charge on any atom is 0.174 e. The second-order valence-electron chi connectivity index (χ2n) is 3.79. The van der Waals surface area contributed by atoms with E-state index in [4.69, 9.17) is 12.2 Å². The van der Waals surface area contributed by atoms with Crippen molar-refractivity contribution >= 4 is 12.2 Å². The summed E-state index contributed by atoms with van der Waals surface area (Å²) in [7, 11) is 0. The number of nitrogens with one attached hydrogen (secondary N) is 2. The van der Waals surface area contributed by atoms with Crippen LogP contribution >= 0.6 is 12.2 Å². The molecular formula is C11H20N2S. The van der Waals surface area contributed by atoms with Crippen LogP contribution in [0, 0.1) is 4.77 Å². The van der Waals surface area contributed by atoms with Crippen LogP contribution in [-0.4, -0.2) is 9.97 Å². The fourth-order valence-electron chi connectivity index (χ4n) is 1.60. The number of rotatable bonds is 7. The van der Waals surface area contributed by atoms with Gasteiger partial charge in [0, 0.05) is 11.9 Å². The first kappa shape index (κ1) is 11.5. The Balaban J connectivity index is 2.02. The first-order valence-corrected chi connectivity index (χ1v) is 6.00. The van der Waals surface area contributed by atoms with Crippen LogP contribution in [0.2, 0.25) is 0 Å². The van der Waals surface area contributed by atoms with Gasteiger partial charge in [0.05, 0.1) is 0 Å². The largest absolute Gasteiger partial charge is 0.337 e. The summed E-state index contributed by atoms with van der Waals surface area (Å²) in [5.74, 6) is 0. The van der Waals surface area contributed by atoms with Crippen LogP contribution in [0.5, 0.6) is 0 Å². The van der Waals surface area contributed by atoms with Crippen LogP contribution in [-0.2, 0) is 6.42 Å². The summed E-state index contributed by atoms with van der Waals surface area (Å²) < 4.78 is 0.742. The van der Waals surface area contributed by atoms with Crippen molar-refractivity contribution in [2.75, 3.05) is 0 Å². The van der Waals surface area contributed by atoms with Crippen molar-refractivity contribution in [3.63, 3.8) is 0 Å². The predicted octanol–water partition coefficient (Wildman–Crippen LogP) is 3.98. The number of aryl methyl sites for hydroxylation is 1. The molecule has 0 radical (unpaired) electrons. The minimum absolute atomic E-state index is 0.742. The minimum atomic E-state index is 0.742. The number of H-pyrrole nitrogens is 2. The van der Waals surface area contributed by atoms with E-state index in [1.807, 2.05) is 6.20 Å². The molecule has 0 unspecified atom stereocenters. The van der Waals surface area contributed by atoms with Gasteiger partial charge >= 0.3 is 0 Å². The Morgan fingerprint density at radius 1 is 1.14 bits per heavy atom. The molecule has 0 spiro atoms. The first-order chi connectivity index (χ1) is 6.83. The molecule has 0 saturated carbocycles. The standard InChI is InChI=1S/C11H20N2S/c1-2-3-4-5-6-7-8-10-9-12-11(14)13-10/h9H,2-8H2,1H3,(H2,12,13,14). The van der Waals surface area contributed by atoms with E-state index >= 15 is 0 Å². The highest BCUT2D eigenvalue weighted by Gasteiger charge is 1.94. The molecule has 1 aromatic heterocycles. The molecule has 2 N–H and O–H groups in total. The summed E-state index contributed by atoms with van der Waals surface area (Å²) in [6.45, 7) is 2.25. The average molecular weight is 212 g/mol. The molecule has 0 fully saturated rings. The second-order valence-corrected chi connectivity index (χ2v) is 4.19. The van der Waals surface area contributed by atoms with Crippen LogP contribution in [0.1, 0.15) is 51.1 Å². The number of hydrogen-bond acceptors (Lipinski definition) is 1. The first-order valence-electron chi connectivity index (χ1n) is 5.59. The van der Waals surface area contributed by atoms with Crippen molar-refractivity contribution in [3.8, 4) is 0 Å². The molecule has 3 heteroatoms. The van der Waals surface area contributed by atoms with E-state index in [1.165, 1.54) is 44.2 Å². The molecule has 0 aliphatic rings. The third kappa shape index (κ3) is 4.61. The number of aromatic nitrogens is 2. The van der Waals surface area contributed by atoms with Gasteiger partial charge in [-0.3, -0.25) is 0 Å². The summed E-state index contributed by atoms with van der Waals surface area (Å²) in [4.78, 5) is 6.13. The Morgan fingerprint density at radius 2 is 1.86 bits per heavy atom. The lowest BCUT2D eigenvalue weighted by molar-refractivity contribution is 0.605. The van der Waals surface area contributed by atoms with Crippen LogP contribution in [0.4, 0.5) is 0 Å². The molecule has 80 valence electrons. The lowest BCUT2D eigenvalue weighted by Crippen LogP contribution is -1.85. The van der Waals surface area contributed by atoms with Gasteiger partial charge in [0.25, 0.3) is 0 Å². The number of aromatic amines is 2. The van der Waals surface area contributed by atoms with Crippen molar-refractivity contribution in [2.45, 2.75) is 51.9 Å². The zero-order valence-corrected chi connectivity index (χ0v) is 9.75. The van der Waals surface area contributed by atoms with Crippen molar-refractivity contribution in [1.29, 1.82) is 0 Å². The van der Waals surface area contributed by atoms with E-state index in [-0.39, 0.29) is 0 Å². The van der Waals surface area contributed by atoms with E-state index in [0.29, 0.717) is 0 Å². The maximum absolute atomic E-state index is 4.96. The van der Waals surface area contributed by atoms with E-state index in [0.717, 1.165) is 11.2 Å². The Morgan fingerprint density at radius 3 is 2.50 bits per heavy atom. The van der Waals surface area contributed by atoms with E-state index in [1.54, 1.807) is 0 Å². The highest BCUT2D eigenvalue weighted by molar-refractivity contribution is 7.71. The van der Waals surface area contributed by atoms with Crippen LogP contribution in [0.3, 0.4) is 0 Å². The summed E-state index contributed by atoms with van der Waals surface area (Å²) in [6, 6.07) is 0. The van der Waals surface area contributed by atoms with Gasteiger partial charge in [0.15, 0.2) is 4.77 Å². The molecule has 0 atom stereocenters. The quantitative estimate of drug-likeness (QED) is 0.520. The van der Waals surface area contributed by atoms with Gasteiger partial charge in [-0.1, -0.05) is 39.0 Å². The maximum atomic E-state index is 4.96. The van der Waals surface area contributed by atoms with Crippen LogP contribution < -0.4 is 0 Å². The summed E-state index contributed by atoms with van der Waals surface area (Å²) >= 11 is 4.96. The van der Waals surface area contributed by atoms with E-state index in [2.05, 4.69) is 16.9 Å². The highest BCUT2D eigenvalue weighted by atomic mass is 32.1. The third-order valence-electron chi connectivity index (χ3n) is 2.45. The molecule has 2 nitrogen and oxygen atoms in total. The van der Waals surface area contributed by atoms with E-state index in [9.17, 15) is 0 Å². The van der Waals surface area contributed by atoms with Crippen LogP contribution in [0.25, 0.3) is 0 Å². The topological polar surface area (TPSA) is 31.6 Å². The number of hydrogen-bond donors (Lipinski definition) is 2. The van der Waals surface area contributed by atoms with Gasteiger partial charge in [-0.05, 0) is 25.1 Å². The molecular weight excluding hydrogens is 192 g/mol. The Kier molecular flexibility index (Phi) is 5.60. The Hall–Kier alpha value is -0.570. The van der Waals surface area contributed by atoms with Gasteiger partial charge < -0.3 is 9.97 Å². The molecule has 1 aromatic rings. The average Bonchev–Trinajstić information content (AvgIpc) is 2.58. The SMILES string of the molecule is CCCCCCCCc1c[nH]c(=S)[nH]1. The number of imidazole rings is 1. The molecule has 0 saturated heterocycles.